The van der Waals surface area contributed by atoms with E-state index in [1.165, 1.54) is 60.7 Å². The molecule has 152 valence electrons. The first-order valence-corrected chi connectivity index (χ1v) is 8.96. The van der Waals surface area contributed by atoms with E-state index in [0.717, 1.165) is 0 Å². The standard InChI is InChI=1S/C22H12N2O7/c25-21(19-5-1-3-13-11-15(23(27)28)7-9-17(13)19)31-22(26)20-6-2-4-14-12-16(24(29)30)8-10-18(14)20/h1-12H. The highest BCUT2D eigenvalue weighted by Crippen LogP contribution is 2.27. The van der Waals surface area contributed by atoms with E-state index in [4.69, 9.17) is 4.74 Å². The Morgan fingerprint density at radius 2 is 1.06 bits per heavy atom. The van der Waals surface area contributed by atoms with Crippen LogP contribution in [0.15, 0.2) is 72.8 Å². The van der Waals surface area contributed by atoms with Crippen molar-refractivity contribution in [2.24, 2.45) is 0 Å². The molecule has 0 amide bonds. The predicted octanol–water partition coefficient (Wildman–Crippen LogP) is 4.81. The first-order valence-electron chi connectivity index (χ1n) is 8.96. The van der Waals surface area contributed by atoms with Crippen LogP contribution in [0.4, 0.5) is 11.4 Å². The summed E-state index contributed by atoms with van der Waals surface area (Å²) in [4.78, 5) is 46.2. The van der Waals surface area contributed by atoms with Gasteiger partial charge in [0.1, 0.15) is 0 Å². The second-order valence-corrected chi connectivity index (χ2v) is 6.61. The Hall–Kier alpha value is -4.66. The van der Waals surface area contributed by atoms with Crippen LogP contribution in [0.2, 0.25) is 0 Å². The van der Waals surface area contributed by atoms with Gasteiger partial charge in [0, 0.05) is 24.3 Å². The molecule has 0 fully saturated rings. The molecule has 0 aliphatic heterocycles. The molecule has 4 aromatic rings. The van der Waals surface area contributed by atoms with E-state index in [9.17, 15) is 29.8 Å². The van der Waals surface area contributed by atoms with Crippen molar-refractivity contribution >= 4 is 44.9 Å². The van der Waals surface area contributed by atoms with Gasteiger partial charge in [-0.05, 0) is 45.8 Å². The molecular weight excluding hydrogens is 404 g/mol. The highest BCUT2D eigenvalue weighted by Gasteiger charge is 2.20. The van der Waals surface area contributed by atoms with E-state index in [2.05, 4.69) is 0 Å². The van der Waals surface area contributed by atoms with Crippen molar-refractivity contribution in [3.8, 4) is 0 Å². The van der Waals surface area contributed by atoms with E-state index in [0.29, 0.717) is 21.5 Å². The van der Waals surface area contributed by atoms with Gasteiger partial charge in [0.2, 0.25) is 0 Å². The molecule has 31 heavy (non-hydrogen) atoms. The summed E-state index contributed by atoms with van der Waals surface area (Å²) in [6.07, 6.45) is 0. The SMILES string of the molecule is O=C(OC(=O)c1cccc2cc([N+](=O)[O-])ccc12)c1cccc2cc([N+](=O)[O-])ccc12. The molecule has 4 aromatic carbocycles. The van der Waals surface area contributed by atoms with E-state index in [1.807, 2.05) is 0 Å². The highest BCUT2D eigenvalue weighted by atomic mass is 16.6. The maximum absolute atomic E-state index is 12.7. The third-order valence-electron chi connectivity index (χ3n) is 4.77. The molecule has 0 bridgehead atoms. The largest absolute Gasteiger partial charge is 0.386 e. The van der Waals surface area contributed by atoms with Gasteiger partial charge in [-0.25, -0.2) is 9.59 Å². The van der Waals surface area contributed by atoms with Crippen LogP contribution in [0.5, 0.6) is 0 Å². The Balaban J connectivity index is 1.67. The van der Waals surface area contributed by atoms with Crippen LogP contribution in [-0.2, 0) is 4.74 Å². The lowest BCUT2D eigenvalue weighted by Gasteiger charge is -2.08. The fourth-order valence-electron chi connectivity index (χ4n) is 3.32. The molecule has 0 heterocycles. The lowest BCUT2D eigenvalue weighted by molar-refractivity contribution is -0.384. The minimum Gasteiger partial charge on any atom is -0.386 e. The average Bonchev–Trinajstić information content (AvgIpc) is 2.77. The zero-order valence-corrected chi connectivity index (χ0v) is 15.7. The molecule has 0 aromatic heterocycles. The topological polar surface area (TPSA) is 130 Å². The van der Waals surface area contributed by atoms with Gasteiger partial charge in [-0.1, -0.05) is 24.3 Å². The molecule has 4 rings (SSSR count). The number of carbonyl (C=O) groups excluding carboxylic acids is 2. The third-order valence-corrected chi connectivity index (χ3v) is 4.77. The van der Waals surface area contributed by atoms with Gasteiger partial charge in [-0.15, -0.1) is 0 Å². The number of nitro benzene ring substituents is 2. The molecule has 0 aliphatic rings. The van der Waals surface area contributed by atoms with Gasteiger partial charge in [0.05, 0.1) is 21.0 Å². The average molecular weight is 416 g/mol. The number of non-ortho nitro benzene ring substituents is 2. The molecule has 0 saturated heterocycles. The van der Waals surface area contributed by atoms with E-state index < -0.39 is 21.8 Å². The molecule has 0 atom stereocenters. The van der Waals surface area contributed by atoms with Gasteiger partial charge < -0.3 is 4.74 Å². The number of carbonyl (C=O) groups is 2. The summed E-state index contributed by atoms with van der Waals surface area (Å²) in [5.74, 6) is -1.83. The lowest BCUT2D eigenvalue weighted by Crippen LogP contribution is -2.13. The first kappa shape index (κ1) is 19.6. The summed E-state index contributed by atoms with van der Waals surface area (Å²) in [7, 11) is 0. The maximum atomic E-state index is 12.7. The summed E-state index contributed by atoms with van der Waals surface area (Å²) in [6.45, 7) is 0. The zero-order chi connectivity index (χ0) is 22.1. The number of rotatable bonds is 4. The number of ether oxygens (including phenoxy) is 1. The number of hydrogen-bond donors (Lipinski definition) is 0. The quantitative estimate of drug-likeness (QED) is 0.202. The molecule has 0 radical (unpaired) electrons. The van der Waals surface area contributed by atoms with Crippen LogP contribution in [0.3, 0.4) is 0 Å². The smallest absolute Gasteiger partial charge is 0.346 e. The molecule has 0 spiro atoms. The fourth-order valence-corrected chi connectivity index (χ4v) is 3.32. The second-order valence-electron chi connectivity index (χ2n) is 6.61. The Morgan fingerprint density at radius 1 is 0.645 bits per heavy atom. The van der Waals surface area contributed by atoms with Crippen molar-refractivity contribution in [1.82, 2.24) is 0 Å². The Morgan fingerprint density at radius 3 is 1.45 bits per heavy atom. The van der Waals surface area contributed by atoms with Gasteiger partial charge >= 0.3 is 11.9 Å². The molecular formula is C22H12N2O7. The predicted molar refractivity (Wildman–Crippen MR) is 111 cm³/mol. The van der Waals surface area contributed by atoms with E-state index >= 15 is 0 Å². The minimum absolute atomic E-state index is 0.0802. The first-order chi connectivity index (χ1) is 14.8. The van der Waals surface area contributed by atoms with E-state index in [1.54, 1.807) is 12.1 Å². The van der Waals surface area contributed by atoms with Gasteiger partial charge in [-0.2, -0.15) is 0 Å². The molecule has 0 saturated carbocycles. The van der Waals surface area contributed by atoms with Crippen molar-refractivity contribution in [3.63, 3.8) is 0 Å². The number of esters is 2. The normalized spacial score (nSPS) is 10.7. The van der Waals surface area contributed by atoms with Crippen molar-refractivity contribution in [2.45, 2.75) is 0 Å². The highest BCUT2D eigenvalue weighted by molar-refractivity contribution is 6.13. The van der Waals surface area contributed by atoms with Crippen LogP contribution in [0.25, 0.3) is 21.5 Å². The monoisotopic (exact) mass is 416 g/mol. The molecule has 0 unspecified atom stereocenters. The number of benzene rings is 4. The van der Waals surface area contributed by atoms with Crippen LogP contribution < -0.4 is 0 Å². The van der Waals surface area contributed by atoms with Crippen molar-refractivity contribution in [1.29, 1.82) is 0 Å². The van der Waals surface area contributed by atoms with Crippen LogP contribution in [0, 0.1) is 20.2 Å². The van der Waals surface area contributed by atoms with Crippen LogP contribution in [0.1, 0.15) is 20.7 Å². The molecule has 0 aliphatic carbocycles. The summed E-state index contributed by atoms with van der Waals surface area (Å²) >= 11 is 0. The number of fused-ring (bicyclic) bond motifs is 2. The van der Waals surface area contributed by atoms with Crippen molar-refractivity contribution in [3.05, 3.63) is 104 Å². The Kier molecular flexibility index (Phi) is 4.84. The van der Waals surface area contributed by atoms with Gasteiger partial charge in [0.15, 0.2) is 0 Å². The van der Waals surface area contributed by atoms with Crippen molar-refractivity contribution < 1.29 is 24.2 Å². The summed E-state index contributed by atoms with van der Waals surface area (Å²) < 4.78 is 5.05. The minimum atomic E-state index is -0.914. The van der Waals surface area contributed by atoms with Crippen LogP contribution >= 0.6 is 0 Å². The van der Waals surface area contributed by atoms with E-state index in [-0.39, 0.29) is 22.5 Å². The fraction of sp³-hybridized carbons (Fsp3) is 0. The molecule has 9 heteroatoms. The number of nitrogens with zero attached hydrogens (tertiary/aromatic N) is 2. The molecule has 9 nitrogen and oxygen atoms in total. The third kappa shape index (κ3) is 3.67. The number of nitro groups is 2. The maximum Gasteiger partial charge on any atom is 0.346 e. The number of hydrogen-bond acceptors (Lipinski definition) is 7. The second kappa shape index (κ2) is 7.64. The lowest BCUT2D eigenvalue weighted by atomic mass is 10.0. The van der Waals surface area contributed by atoms with Crippen molar-refractivity contribution in [2.75, 3.05) is 0 Å². The Bertz CT molecular complexity index is 1300. The zero-order valence-electron chi connectivity index (χ0n) is 15.7. The Labute approximate surface area is 173 Å². The molecule has 0 N–H and O–H groups in total. The summed E-state index contributed by atoms with van der Waals surface area (Å²) in [6, 6.07) is 17.2. The van der Waals surface area contributed by atoms with Gasteiger partial charge in [-0.3, -0.25) is 20.2 Å². The van der Waals surface area contributed by atoms with Gasteiger partial charge in [0.25, 0.3) is 11.4 Å². The summed E-state index contributed by atoms with van der Waals surface area (Å²) in [5.41, 5.74) is -0.0915. The van der Waals surface area contributed by atoms with Crippen LogP contribution in [-0.4, -0.2) is 21.8 Å². The summed E-state index contributed by atoms with van der Waals surface area (Å²) in [5, 5.41) is 23.6.